The molecule has 0 saturated heterocycles. The van der Waals surface area contributed by atoms with Gasteiger partial charge in [-0.05, 0) is 29.7 Å². The van der Waals surface area contributed by atoms with Crippen LogP contribution < -0.4 is 0 Å². The van der Waals surface area contributed by atoms with E-state index in [1.54, 1.807) is 0 Å². The van der Waals surface area contributed by atoms with Gasteiger partial charge in [-0.15, -0.1) is 0 Å². The fourth-order valence-electron chi connectivity index (χ4n) is 2.46. The summed E-state index contributed by atoms with van der Waals surface area (Å²) >= 11 is 0. The molecule has 1 heterocycles. The van der Waals surface area contributed by atoms with Crippen LogP contribution in [0.2, 0.25) is 0 Å². The summed E-state index contributed by atoms with van der Waals surface area (Å²) in [5.74, 6) is 0.129. The number of carbonyl (C=O) groups is 1. The van der Waals surface area contributed by atoms with Gasteiger partial charge in [0.2, 0.25) is 0 Å². The molecular formula is C16H15NO. The van der Waals surface area contributed by atoms with Crippen molar-refractivity contribution < 1.29 is 4.79 Å². The van der Waals surface area contributed by atoms with Crippen LogP contribution in [0.4, 0.5) is 0 Å². The van der Waals surface area contributed by atoms with Gasteiger partial charge in [0.25, 0.3) is 5.91 Å². The first kappa shape index (κ1) is 11.0. The summed E-state index contributed by atoms with van der Waals surface area (Å²) < 4.78 is 0. The summed E-state index contributed by atoms with van der Waals surface area (Å²) in [5.41, 5.74) is 4.38. The first-order valence-corrected chi connectivity index (χ1v) is 6.17. The Kier molecular flexibility index (Phi) is 2.63. The molecule has 1 aliphatic heterocycles. The van der Waals surface area contributed by atoms with Crippen molar-refractivity contribution in [3.8, 4) is 0 Å². The molecule has 0 aliphatic carbocycles. The highest BCUT2D eigenvalue weighted by atomic mass is 16.2. The maximum atomic E-state index is 12.5. The molecule has 0 saturated carbocycles. The Balaban J connectivity index is 1.87. The molecule has 2 heteroatoms. The van der Waals surface area contributed by atoms with Crippen LogP contribution in [0.5, 0.6) is 0 Å². The highest BCUT2D eigenvalue weighted by Gasteiger charge is 2.24. The Labute approximate surface area is 107 Å². The second-order valence-electron chi connectivity index (χ2n) is 4.74. The predicted molar refractivity (Wildman–Crippen MR) is 71.2 cm³/mol. The Morgan fingerprint density at radius 2 is 1.50 bits per heavy atom. The van der Waals surface area contributed by atoms with Crippen LogP contribution >= 0.6 is 0 Å². The molecule has 1 amide bonds. The second-order valence-corrected chi connectivity index (χ2v) is 4.74. The van der Waals surface area contributed by atoms with Gasteiger partial charge in [0.05, 0.1) is 0 Å². The highest BCUT2D eigenvalue weighted by molar-refractivity contribution is 5.95. The van der Waals surface area contributed by atoms with Crippen LogP contribution in [0.3, 0.4) is 0 Å². The molecule has 0 aromatic heterocycles. The standard InChI is InChI=1S/C16H15NO/c1-12-6-2-5-9-15(12)16(18)17-10-13-7-3-4-8-14(13)11-17/h2-9H,10-11H2,1H3. The summed E-state index contributed by atoms with van der Waals surface area (Å²) in [4.78, 5) is 14.4. The lowest BCUT2D eigenvalue weighted by Crippen LogP contribution is -2.25. The Morgan fingerprint density at radius 3 is 2.11 bits per heavy atom. The van der Waals surface area contributed by atoms with Crippen molar-refractivity contribution in [2.75, 3.05) is 0 Å². The van der Waals surface area contributed by atoms with E-state index in [9.17, 15) is 4.79 Å². The van der Waals surface area contributed by atoms with Crippen LogP contribution in [-0.2, 0) is 13.1 Å². The fraction of sp³-hybridized carbons (Fsp3) is 0.188. The summed E-state index contributed by atoms with van der Waals surface area (Å²) in [5, 5.41) is 0. The largest absolute Gasteiger partial charge is 0.330 e. The van der Waals surface area contributed by atoms with Gasteiger partial charge in [0, 0.05) is 18.7 Å². The van der Waals surface area contributed by atoms with Crippen molar-refractivity contribution in [3.63, 3.8) is 0 Å². The van der Waals surface area contributed by atoms with Crippen LogP contribution in [0.15, 0.2) is 48.5 Å². The lowest BCUT2D eigenvalue weighted by molar-refractivity contribution is 0.0750. The van der Waals surface area contributed by atoms with Crippen molar-refractivity contribution in [1.82, 2.24) is 4.90 Å². The zero-order chi connectivity index (χ0) is 12.5. The van der Waals surface area contributed by atoms with E-state index in [-0.39, 0.29) is 5.91 Å². The third kappa shape index (κ3) is 1.80. The highest BCUT2D eigenvalue weighted by Crippen LogP contribution is 2.24. The maximum absolute atomic E-state index is 12.5. The van der Waals surface area contributed by atoms with Gasteiger partial charge in [-0.3, -0.25) is 4.79 Å². The van der Waals surface area contributed by atoms with Crippen LogP contribution in [0.1, 0.15) is 27.0 Å². The molecule has 0 fully saturated rings. The quantitative estimate of drug-likeness (QED) is 0.746. The minimum absolute atomic E-state index is 0.129. The first-order chi connectivity index (χ1) is 8.75. The molecule has 2 aromatic carbocycles. The van der Waals surface area contributed by atoms with E-state index >= 15 is 0 Å². The maximum Gasteiger partial charge on any atom is 0.254 e. The van der Waals surface area contributed by atoms with Gasteiger partial charge in [0.15, 0.2) is 0 Å². The molecule has 0 spiro atoms. The summed E-state index contributed by atoms with van der Waals surface area (Å²) in [6.07, 6.45) is 0. The minimum Gasteiger partial charge on any atom is -0.330 e. The number of aryl methyl sites for hydroxylation is 1. The lowest BCUT2D eigenvalue weighted by atomic mass is 10.1. The van der Waals surface area contributed by atoms with E-state index in [0.29, 0.717) is 0 Å². The fourth-order valence-corrected chi connectivity index (χ4v) is 2.46. The van der Waals surface area contributed by atoms with Gasteiger partial charge in [-0.25, -0.2) is 0 Å². The molecule has 1 aliphatic rings. The van der Waals surface area contributed by atoms with Gasteiger partial charge >= 0.3 is 0 Å². The van der Waals surface area contributed by atoms with Crippen molar-refractivity contribution in [3.05, 3.63) is 70.8 Å². The van der Waals surface area contributed by atoms with E-state index in [0.717, 1.165) is 24.2 Å². The molecule has 0 unspecified atom stereocenters. The molecule has 0 atom stereocenters. The smallest absolute Gasteiger partial charge is 0.254 e. The molecule has 2 nitrogen and oxygen atoms in total. The normalized spacial score (nSPS) is 13.5. The zero-order valence-electron chi connectivity index (χ0n) is 10.4. The van der Waals surface area contributed by atoms with E-state index in [2.05, 4.69) is 12.1 Å². The molecule has 0 radical (unpaired) electrons. The minimum atomic E-state index is 0.129. The third-order valence-corrected chi connectivity index (χ3v) is 3.50. The van der Waals surface area contributed by atoms with E-state index in [1.807, 2.05) is 48.2 Å². The molecule has 0 N–H and O–H groups in total. The number of amides is 1. The summed E-state index contributed by atoms with van der Waals surface area (Å²) in [7, 11) is 0. The Hall–Kier alpha value is -2.09. The Morgan fingerprint density at radius 1 is 0.944 bits per heavy atom. The van der Waals surface area contributed by atoms with Crippen molar-refractivity contribution in [2.24, 2.45) is 0 Å². The predicted octanol–water partition coefficient (Wildman–Crippen LogP) is 3.15. The SMILES string of the molecule is Cc1ccccc1C(=O)N1Cc2ccccc2C1. The monoisotopic (exact) mass is 237 g/mol. The topological polar surface area (TPSA) is 20.3 Å². The van der Waals surface area contributed by atoms with Crippen LogP contribution in [-0.4, -0.2) is 10.8 Å². The number of benzene rings is 2. The molecule has 2 aromatic rings. The molecule has 18 heavy (non-hydrogen) atoms. The van der Waals surface area contributed by atoms with Gasteiger partial charge < -0.3 is 4.90 Å². The van der Waals surface area contributed by atoms with E-state index in [4.69, 9.17) is 0 Å². The van der Waals surface area contributed by atoms with Gasteiger partial charge in [-0.1, -0.05) is 42.5 Å². The van der Waals surface area contributed by atoms with E-state index in [1.165, 1.54) is 11.1 Å². The first-order valence-electron chi connectivity index (χ1n) is 6.17. The molecular weight excluding hydrogens is 222 g/mol. The number of rotatable bonds is 1. The average molecular weight is 237 g/mol. The van der Waals surface area contributed by atoms with Gasteiger partial charge in [-0.2, -0.15) is 0 Å². The number of hydrogen-bond donors (Lipinski definition) is 0. The number of hydrogen-bond acceptors (Lipinski definition) is 1. The summed E-state index contributed by atoms with van der Waals surface area (Å²) in [6, 6.07) is 16.0. The van der Waals surface area contributed by atoms with E-state index < -0.39 is 0 Å². The van der Waals surface area contributed by atoms with Crippen molar-refractivity contribution in [2.45, 2.75) is 20.0 Å². The van der Waals surface area contributed by atoms with Crippen LogP contribution in [0.25, 0.3) is 0 Å². The molecule has 0 bridgehead atoms. The molecule has 90 valence electrons. The van der Waals surface area contributed by atoms with Crippen molar-refractivity contribution >= 4 is 5.91 Å². The zero-order valence-corrected chi connectivity index (χ0v) is 10.4. The number of fused-ring (bicyclic) bond motifs is 1. The number of carbonyl (C=O) groups excluding carboxylic acids is 1. The summed E-state index contributed by atoms with van der Waals surface area (Å²) in [6.45, 7) is 3.43. The molecule has 3 rings (SSSR count). The second kappa shape index (κ2) is 4.30. The number of nitrogens with zero attached hydrogens (tertiary/aromatic N) is 1. The average Bonchev–Trinajstić information content (AvgIpc) is 2.82. The van der Waals surface area contributed by atoms with Crippen molar-refractivity contribution in [1.29, 1.82) is 0 Å². The Bertz CT molecular complexity index is 579. The lowest BCUT2D eigenvalue weighted by Gasteiger charge is -2.16. The van der Waals surface area contributed by atoms with Gasteiger partial charge in [0.1, 0.15) is 0 Å². The third-order valence-electron chi connectivity index (χ3n) is 3.50. The van der Waals surface area contributed by atoms with Crippen LogP contribution in [0, 0.1) is 6.92 Å².